The van der Waals surface area contributed by atoms with Crippen LogP contribution in [0.1, 0.15) is 141 Å². The molecule has 8 atom stereocenters. The Labute approximate surface area is 337 Å². The molecule has 6 aliphatic rings. The first kappa shape index (κ1) is 43.3. The van der Waals surface area contributed by atoms with Crippen molar-refractivity contribution in [1.29, 1.82) is 0 Å². The van der Waals surface area contributed by atoms with E-state index < -0.39 is 16.6 Å². The Kier molecular flexibility index (Phi) is 17.9. The van der Waals surface area contributed by atoms with Crippen LogP contribution in [0.4, 0.5) is 0 Å². The monoisotopic (exact) mass is 912 g/mol. The minimum atomic E-state index is -1.55. The van der Waals surface area contributed by atoms with Crippen LogP contribution in [0.3, 0.4) is 0 Å². The first-order chi connectivity index (χ1) is 24.5. The van der Waals surface area contributed by atoms with Crippen molar-refractivity contribution in [2.75, 3.05) is 13.2 Å². The summed E-state index contributed by atoms with van der Waals surface area (Å²) in [6.45, 7) is 15.8. The van der Waals surface area contributed by atoms with Crippen LogP contribution in [-0.4, -0.2) is 53.4 Å². The van der Waals surface area contributed by atoms with E-state index in [0.29, 0.717) is 12.1 Å². The molecule has 9 heteroatoms. The van der Waals surface area contributed by atoms with Crippen molar-refractivity contribution in [3.05, 3.63) is 0 Å². The van der Waals surface area contributed by atoms with Gasteiger partial charge in [-0.25, -0.2) is 0 Å². The van der Waals surface area contributed by atoms with Gasteiger partial charge in [-0.15, -0.1) is 0 Å². The normalized spacial score (nSPS) is 36.2. The second kappa shape index (κ2) is 21.1. The van der Waals surface area contributed by atoms with Crippen LogP contribution in [0.5, 0.6) is 0 Å². The molecule has 0 bridgehead atoms. The minimum absolute atomic E-state index is 0.530. The second-order valence-electron chi connectivity index (χ2n) is 19.6. The summed E-state index contributed by atoms with van der Waals surface area (Å²) in [4.78, 5) is 12.3. The fraction of sp³-hybridized carbons (Fsp3) is 0.952. The predicted octanol–water partition coefficient (Wildman–Crippen LogP) is 13.6. The molecule has 0 spiro atoms. The van der Waals surface area contributed by atoms with Crippen LogP contribution in [0.15, 0.2) is 9.98 Å². The van der Waals surface area contributed by atoms with Gasteiger partial charge < -0.3 is 8.85 Å². The van der Waals surface area contributed by atoms with E-state index in [1.165, 1.54) is 138 Å². The van der Waals surface area contributed by atoms with Crippen molar-refractivity contribution in [3.63, 3.8) is 0 Å². The summed E-state index contributed by atoms with van der Waals surface area (Å²) in [5.41, 5.74) is 2.85. The maximum atomic E-state index is 6.48. The summed E-state index contributed by atoms with van der Waals surface area (Å²) >= 11 is 6.00. The van der Waals surface area contributed by atoms with E-state index in [2.05, 4.69) is 67.7 Å². The summed E-state index contributed by atoms with van der Waals surface area (Å²) in [6.07, 6.45) is 30.3. The van der Waals surface area contributed by atoms with Crippen molar-refractivity contribution in [3.8, 4) is 0 Å². The molecule has 0 aromatic carbocycles. The summed E-state index contributed by atoms with van der Waals surface area (Å²) in [5, 5.41) is 0. The van der Waals surface area contributed by atoms with Gasteiger partial charge in [-0.3, -0.25) is 9.98 Å². The van der Waals surface area contributed by atoms with Crippen molar-refractivity contribution >= 4 is 56.5 Å². The molecule has 6 fully saturated rings. The number of hydrogen-bond acceptors (Lipinski definition) is 4. The van der Waals surface area contributed by atoms with E-state index in [4.69, 9.17) is 18.8 Å². The molecule has 0 N–H and O–H groups in total. The molecular weight excluding hydrogens is 839 g/mol. The van der Waals surface area contributed by atoms with Gasteiger partial charge in [0.1, 0.15) is 0 Å². The molecule has 0 aliphatic heterocycles. The van der Waals surface area contributed by atoms with E-state index in [1.807, 2.05) is 0 Å². The maximum absolute atomic E-state index is 6.48. The van der Waals surface area contributed by atoms with Crippen molar-refractivity contribution in [1.82, 2.24) is 0 Å². The van der Waals surface area contributed by atoms with Gasteiger partial charge >= 0.3 is 39.3 Å². The summed E-state index contributed by atoms with van der Waals surface area (Å²) in [5.74, 6) is 6.89. The quantitative estimate of drug-likeness (QED) is 0.105. The average molecular weight is 916 g/mol. The SMILES string of the molecule is C[Si](C)(C)OCCCC(=NC1C2CCCCC2CC2CCCCC21)C(CCCO[Si](C)(C)C)=NC1C2CCCCC2CC2CCCCC21.[Br][Ni][Br]. The molecule has 0 heterocycles. The Balaban J connectivity index is 0.00000162. The summed E-state index contributed by atoms with van der Waals surface area (Å²) < 4.78 is 13.0. The van der Waals surface area contributed by atoms with Crippen LogP contribution in [0, 0.1) is 47.3 Å². The molecule has 0 radical (unpaired) electrons. The van der Waals surface area contributed by atoms with Crippen LogP contribution in [-0.2, 0) is 19.7 Å². The predicted molar refractivity (Wildman–Crippen MR) is 228 cm³/mol. The molecule has 298 valence electrons. The van der Waals surface area contributed by atoms with E-state index in [-0.39, 0.29) is 0 Å². The number of hydrogen-bond donors (Lipinski definition) is 0. The Hall–Kier alpha value is 1.15. The summed E-state index contributed by atoms with van der Waals surface area (Å²) in [7, 11) is -1.84. The van der Waals surface area contributed by atoms with Gasteiger partial charge in [0, 0.05) is 13.2 Å². The van der Waals surface area contributed by atoms with Crippen LogP contribution in [0.2, 0.25) is 39.3 Å². The Morgan fingerprint density at radius 3 is 1.06 bits per heavy atom. The molecule has 6 saturated carbocycles. The third kappa shape index (κ3) is 13.1. The topological polar surface area (TPSA) is 43.2 Å². The zero-order valence-corrected chi connectivity index (χ0v) is 39.7. The van der Waals surface area contributed by atoms with Gasteiger partial charge in [-0.2, -0.15) is 0 Å². The van der Waals surface area contributed by atoms with Gasteiger partial charge in [0.15, 0.2) is 16.6 Å². The average Bonchev–Trinajstić information content (AvgIpc) is 3.09. The van der Waals surface area contributed by atoms with Gasteiger partial charge in [0.2, 0.25) is 0 Å². The molecule has 6 rings (SSSR count). The van der Waals surface area contributed by atoms with Gasteiger partial charge in [0.05, 0.1) is 23.5 Å². The molecule has 0 aromatic heterocycles. The van der Waals surface area contributed by atoms with Gasteiger partial charge in [-0.1, -0.05) is 77.0 Å². The zero-order chi connectivity index (χ0) is 36.4. The third-order valence-corrected chi connectivity index (χ3v) is 16.1. The molecule has 0 amide bonds. The Bertz CT molecular complexity index is 985. The number of fused-ring (bicyclic) bond motifs is 4. The standard InChI is InChI=1S/C42H76N2O2Si2.2BrH.Ni/c1-47(2,3)45-27-15-25-39(43-41-35-21-11-7-17-31(35)29-32-18-8-12-22-36(32)41)40(26-16-28-46-48(4,5)6)44-42-37-23-13-9-19-33(37)30-34-20-10-14-24-38(34)42;;;/h31-38,41-42H,7-30H2,1-6H3;2*1H;/q;;;+2/p-2. The fourth-order valence-electron chi connectivity index (χ4n) is 11.9. The second-order valence-corrected chi connectivity index (χ2v) is 33.6. The Morgan fingerprint density at radius 2 is 0.784 bits per heavy atom. The first-order valence-corrected chi connectivity index (χ1v) is 33.4. The van der Waals surface area contributed by atoms with Gasteiger partial charge in [-0.05, 0) is 151 Å². The van der Waals surface area contributed by atoms with Gasteiger partial charge in [0.25, 0.3) is 0 Å². The Morgan fingerprint density at radius 1 is 0.510 bits per heavy atom. The van der Waals surface area contributed by atoms with E-state index in [0.717, 1.165) is 86.2 Å². The van der Waals surface area contributed by atoms with Crippen molar-refractivity contribution in [2.24, 2.45) is 57.3 Å². The third-order valence-electron chi connectivity index (χ3n) is 14.0. The number of rotatable bonds is 13. The first-order valence-electron chi connectivity index (χ1n) is 21.7. The molecule has 4 nitrogen and oxygen atoms in total. The van der Waals surface area contributed by atoms with Crippen molar-refractivity contribution < 1.29 is 19.7 Å². The zero-order valence-electron chi connectivity index (χ0n) is 33.5. The van der Waals surface area contributed by atoms with Crippen LogP contribution in [0.25, 0.3) is 0 Å². The van der Waals surface area contributed by atoms with Crippen LogP contribution < -0.4 is 0 Å². The number of aliphatic imine (C=N–C) groups is 2. The van der Waals surface area contributed by atoms with E-state index >= 15 is 0 Å². The molecule has 6 aliphatic carbocycles. The molecule has 0 aromatic rings. The molecular formula is C42H76Br2N2NiO2Si2. The number of nitrogens with zero attached hydrogens (tertiary/aromatic N) is 2. The van der Waals surface area contributed by atoms with Crippen molar-refractivity contribution in [2.45, 2.75) is 193 Å². The summed E-state index contributed by atoms with van der Waals surface area (Å²) in [6, 6.07) is 1.06. The fourth-order valence-corrected chi connectivity index (χ4v) is 13.4. The van der Waals surface area contributed by atoms with Crippen LogP contribution >= 0.6 is 28.5 Å². The van der Waals surface area contributed by atoms with E-state index in [9.17, 15) is 0 Å². The number of halogens is 2. The van der Waals surface area contributed by atoms with E-state index in [1.54, 1.807) is 0 Å². The molecule has 51 heavy (non-hydrogen) atoms. The molecule has 0 saturated heterocycles. The molecule has 8 unspecified atom stereocenters.